The van der Waals surface area contributed by atoms with E-state index in [2.05, 4.69) is 45.0 Å². The van der Waals surface area contributed by atoms with Gasteiger partial charge in [-0.25, -0.2) is 0 Å². The van der Waals surface area contributed by atoms with Gasteiger partial charge in [-0.2, -0.15) is 0 Å². The molecule has 0 fully saturated rings. The maximum Gasteiger partial charge on any atom is 0.262 e. The molecule has 0 radical (unpaired) electrons. The van der Waals surface area contributed by atoms with E-state index in [1.807, 2.05) is 6.92 Å². The van der Waals surface area contributed by atoms with E-state index >= 15 is 4.79 Å². The average molecular weight is 968 g/mol. The molecule has 0 unspecified atom stereocenters. The summed E-state index contributed by atoms with van der Waals surface area (Å²) < 4.78 is 7.91. The third-order valence-corrected chi connectivity index (χ3v) is 19.4. The minimum Gasteiger partial charge on any atom is -0.487 e. The Morgan fingerprint density at radius 2 is 1.06 bits per heavy atom. The van der Waals surface area contributed by atoms with Crippen LogP contribution in [0.1, 0.15) is 186 Å². The Morgan fingerprint density at radius 1 is 0.554 bits per heavy atom. The lowest BCUT2D eigenvalue weighted by molar-refractivity contribution is -0.108. The molecular formula is C54H65NO5S5. The van der Waals surface area contributed by atoms with Gasteiger partial charge in [0.25, 0.3) is 11.8 Å². The van der Waals surface area contributed by atoms with Crippen LogP contribution in [0.5, 0.6) is 5.06 Å². The van der Waals surface area contributed by atoms with E-state index < -0.39 is 0 Å². The number of nitrogens with zero attached hydrogens (tertiary/aromatic N) is 1. The number of hydrogen-bond donors (Lipinski definition) is 1. The van der Waals surface area contributed by atoms with E-state index in [-0.39, 0.29) is 24.2 Å². The van der Waals surface area contributed by atoms with Crippen molar-refractivity contribution in [2.24, 2.45) is 0 Å². The minimum absolute atomic E-state index is 0.0216. The number of ether oxygens (including phenoxy) is 1. The SMILES string of the molecule is CCCCCCCCCCCCCCCCc1cc(C2=c3c(c4sc(CO)cc4c4cc(OC)sc34)=C(c3cc(CCCCCC)c(C)s3)C2=O)sc1-c1sc(C)c2c1C(=O)N(C)C2=O. The largest absolute Gasteiger partial charge is 0.487 e. The van der Waals surface area contributed by atoms with Crippen molar-refractivity contribution in [2.75, 3.05) is 14.2 Å². The molecule has 1 aliphatic carbocycles. The summed E-state index contributed by atoms with van der Waals surface area (Å²) >= 11 is 8.00. The monoisotopic (exact) mass is 967 g/mol. The van der Waals surface area contributed by atoms with Crippen molar-refractivity contribution in [2.45, 2.75) is 163 Å². The molecule has 2 amide bonds. The maximum atomic E-state index is 15.7. The van der Waals surface area contributed by atoms with Gasteiger partial charge in [-0.05, 0) is 68.9 Å². The first-order valence-electron chi connectivity index (χ1n) is 24.3. The topological polar surface area (TPSA) is 83.9 Å². The van der Waals surface area contributed by atoms with Crippen LogP contribution in [0, 0.1) is 13.8 Å². The van der Waals surface area contributed by atoms with Crippen molar-refractivity contribution in [3.63, 3.8) is 0 Å². The number of thiophene rings is 5. The lowest BCUT2D eigenvalue weighted by Crippen LogP contribution is -2.25. The summed E-state index contributed by atoms with van der Waals surface area (Å²) in [7, 11) is 3.27. The van der Waals surface area contributed by atoms with Crippen molar-refractivity contribution < 1.29 is 24.2 Å². The molecule has 65 heavy (non-hydrogen) atoms. The third kappa shape index (κ3) is 9.66. The standard InChI is InChI=1S/C54H65NO5S5/c1-7-9-11-13-14-15-16-17-18-19-20-21-22-24-26-35-28-40(64-49(35)52-47-42(33(4)62-52)53(58)55(5)54(47)59)44-46-45(43(48(44)57)39-27-34(32(3)61-39)25-23-12-10-8-2)50-37(29-36(31-56)63-50)38-30-41(60-6)65-51(38)46/h27-30,56H,7-26,31H2,1-6H3. The molecule has 5 aromatic heterocycles. The summed E-state index contributed by atoms with van der Waals surface area (Å²) in [5.74, 6) is -0.470. The average Bonchev–Trinajstić information content (AvgIpc) is 4.17. The van der Waals surface area contributed by atoms with Crippen LogP contribution in [0.3, 0.4) is 0 Å². The highest BCUT2D eigenvalue weighted by Crippen LogP contribution is 2.48. The van der Waals surface area contributed by atoms with E-state index in [0.29, 0.717) is 16.7 Å². The van der Waals surface area contributed by atoms with Crippen LogP contribution in [0.15, 0.2) is 24.3 Å². The molecule has 1 aromatic carbocycles. The quantitative estimate of drug-likeness (QED) is 0.0456. The zero-order valence-corrected chi connectivity index (χ0v) is 43.3. The number of ketones is 1. The molecule has 1 aliphatic heterocycles. The zero-order valence-electron chi connectivity index (χ0n) is 39.2. The molecule has 6 nitrogen and oxygen atoms in total. The first-order valence-corrected chi connectivity index (χ1v) is 28.3. The van der Waals surface area contributed by atoms with Crippen LogP contribution in [0.25, 0.3) is 41.1 Å². The van der Waals surface area contributed by atoms with E-state index in [1.165, 1.54) is 123 Å². The van der Waals surface area contributed by atoms with Crippen LogP contribution in [-0.2, 0) is 24.2 Å². The maximum absolute atomic E-state index is 15.7. The number of carbonyl (C=O) groups is 3. The fourth-order valence-electron chi connectivity index (χ4n) is 9.95. The second-order valence-corrected chi connectivity index (χ2v) is 23.9. The summed E-state index contributed by atoms with van der Waals surface area (Å²) in [5.41, 5.74) is 4.92. The molecule has 0 bridgehead atoms. The number of aliphatic hydroxyl groups excluding tert-OH is 1. The first-order chi connectivity index (χ1) is 31.6. The second-order valence-electron chi connectivity index (χ2n) is 18.2. The highest BCUT2D eigenvalue weighted by atomic mass is 32.1. The molecule has 0 spiro atoms. The van der Waals surface area contributed by atoms with Gasteiger partial charge in [0.15, 0.2) is 10.8 Å². The van der Waals surface area contributed by atoms with Crippen molar-refractivity contribution in [1.29, 1.82) is 0 Å². The van der Waals surface area contributed by atoms with Crippen molar-refractivity contribution in [3.05, 3.63) is 81.3 Å². The summed E-state index contributed by atoms with van der Waals surface area (Å²) in [6.07, 6.45) is 24.6. The second kappa shape index (κ2) is 21.7. The first kappa shape index (κ1) is 48.0. The molecule has 0 atom stereocenters. The molecule has 6 heterocycles. The molecule has 0 saturated heterocycles. The van der Waals surface area contributed by atoms with E-state index in [1.54, 1.807) is 59.5 Å². The predicted molar refractivity (Wildman–Crippen MR) is 279 cm³/mol. The van der Waals surface area contributed by atoms with E-state index in [0.717, 1.165) is 108 Å². The van der Waals surface area contributed by atoms with Gasteiger partial charge in [-0.1, -0.05) is 128 Å². The summed E-state index contributed by atoms with van der Waals surface area (Å²) in [4.78, 5) is 50.8. The lowest BCUT2D eigenvalue weighted by atomic mass is 10.00. The Kier molecular flexibility index (Phi) is 16.0. The van der Waals surface area contributed by atoms with E-state index in [9.17, 15) is 14.7 Å². The number of methoxy groups -OCH3 is 1. The van der Waals surface area contributed by atoms with Gasteiger partial charge in [0.1, 0.15) is 0 Å². The van der Waals surface area contributed by atoms with Crippen molar-refractivity contribution >= 4 is 106 Å². The van der Waals surface area contributed by atoms with Crippen LogP contribution in [-0.4, -0.2) is 41.8 Å². The van der Waals surface area contributed by atoms with Gasteiger partial charge in [-0.3, -0.25) is 19.3 Å². The Bertz CT molecular complexity index is 2840. The molecular weight excluding hydrogens is 903 g/mol. The number of carbonyl (C=O) groups excluding carboxylic acids is 3. The fraction of sp³-hybridized carbons (Fsp3) is 0.500. The highest BCUT2D eigenvalue weighted by Gasteiger charge is 2.40. The number of aliphatic hydroxyl groups is 1. The Morgan fingerprint density at radius 3 is 1.66 bits per heavy atom. The number of imide groups is 1. The Hall–Kier alpha value is -3.45. The predicted octanol–water partition coefficient (Wildman–Crippen LogP) is 14.4. The third-order valence-electron chi connectivity index (χ3n) is 13.5. The molecule has 346 valence electrons. The van der Waals surface area contributed by atoms with Crippen LogP contribution in [0.2, 0.25) is 0 Å². The van der Waals surface area contributed by atoms with Crippen LogP contribution < -0.4 is 15.2 Å². The number of hydrogen-bond acceptors (Lipinski definition) is 10. The summed E-state index contributed by atoms with van der Waals surface area (Å²) in [6.45, 7) is 8.57. The van der Waals surface area contributed by atoms with Crippen LogP contribution in [0.4, 0.5) is 0 Å². The minimum atomic E-state index is -0.252. The van der Waals surface area contributed by atoms with E-state index in [4.69, 9.17) is 4.74 Å². The normalized spacial score (nSPS) is 13.8. The zero-order chi connectivity index (χ0) is 45.8. The fourth-order valence-corrected chi connectivity index (χ4v) is 15.8. The Balaban J connectivity index is 1.19. The van der Waals surface area contributed by atoms with Gasteiger partial charge in [0, 0.05) is 84.1 Å². The number of rotatable bonds is 25. The van der Waals surface area contributed by atoms with Gasteiger partial charge in [0.05, 0.1) is 29.7 Å². The summed E-state index contributed by atoms with van der Waals surface area (Å²) in [5, 5.41) is 15.2. The van der Waals surface area contributed by atoms with Crippen molar-refractivity contribution in [1.82, 2.24) is 4.90 Å². The van der Waals surface area contributed by atoms with Gasteiger partial charge < -0.3 is 9.84 Å². The summed E-state index contributed by atoms with van der Waals surface area (Å²) in [6, 6.07) is 8.68. The molecule has 6 aromatic rings. The molecule has 8 rings (SSSR count). The number of aryl methyl sites for hydroxylation is 4. The number of Topliss-reactive ketones (excluding diaryl/α,β-unsaturated/α-hetero) is 1. The Labute approximate surface area is 405 Å². The highest BCUT2D eigenvalue weighted by molar-refractivity contribution is 7.24. The number of amides is 2. The molecule has 0 saturated carbocycles. The van der Waals surface area contributed by atoms with Crippen molar-refractivity contribution in [3.8, 4) is 14.8 Å². The lowest BCUT2D eigenvalue weighted by Gasteiger charge is -2.07. The number of unbranched alkanes of at least 4 members (excludes halogenated alkanes) is 16. The number of benzene rings is 1. The van der Waals surface area contributed by atoms with Gasteiger partial charge in [0.2, 0.25) is 0 Å². The van der Waals surface area contributed by atoms with Crippen LogP contribution >= 0.6 is 56.7 Å². The smallest absolute Gasteiger partial charge is 0.262 e. The molecule has 11 heteroatoms. The molecule has 1 N–H and O–H groups in total. The van der Waals surface area contributed by atoms with Gasteiger partial charge in [-0.15, -0.1) is 45.3 Å². The number of fused-ring (bicyclic) bond motifs is 7. The van der Waals surface area contributed by atoms with Gasteiger partial charge >= 0.3 is 0 Å². The molecule has 2 aliphatic rings.